The molecule has 1 saturated carbocycles. The molecule has 0 saturated heterocycles. The van der Waals surface area contributed by atoms with Crippen LogP contribution in [0.15, 0.2) is 29.8 Å². The predicted molar refractivity (Wildman–Crippen MR) is 75.2 cm³/mol. The molecule has 1 nitrogen and oxygen atoms in total. The Hall–Kier alpha value is -1.08. The molecule has 92 valence electrons. The van der Waals surface area contributed by atoms with Crippen molar-refractivity contribution in [3.8, 4) is 0 Å². The van der Waals surface area contributed by atoms with Crippen molar-refractivity contribution >= 4 is 6.08 Å². The second-order valence-electron chi connectivity index (χ2n) is 5.11. The number of likely N-dealkylation sites (N-methyl/N-ethyl adjacent to an activating group) is 1. The normalized spacial score (nSPS) is 18.2. The molecule has 1 aromatic carbocycles. The minimum Gasteiger partial charge on any atom is -0.311 e. The van der Waals surface area contributed by atoms with Crippen molar-refractivity contribution in [3.05, 3.63) is 41.0 Å². The van der Waals surface area contributed by atoms with Crippen molar-refractivity contribution in [1.82, 2.24) is 5.32 Å². The third-order valence-corrected chi connectivity index (χ3v) is 3.57. The summed E-state index contributed by atoms with van der Waals surface area (Å²) in [5.74, 6) is 0.856. The molecule has 0 amide bonds. The summed E-state index contributed by atoms with van der Waals surface area (Å²) in [7, 11) is 0. The molecule has 1 heteroatoms. The Bertz CT molecular complexity index is 384. The van der Waals surface area contributed by atoms with Gasteiger partial charge >= 0.3 is 0 Å². The summed E-state index contributed by atoms with van der Waals surface area (Å²) in [6, 6.07) is 9.53. The average molecular weight is 229 g/mol. The molecular weight excluding hydrogens is 206 g/mol. The van der Waals surface area contributed by atoms with Crippen LogP contribution in [0.25, 0.3) is 6.08 Å². The van der Waals surface area contributed by atoms with Gasteiger partial charge in [-0.1, -0.05) is 42.8 Å². The lowest BCUT2D eigenvalue weighted by Gasteiger charge is -2.13. The van der Waals surface area contributed by atoms with E-state index in [-0.39, 0.29) is 0 Å². The van der Waals surface area contributed by atoms with Gasteiger partial charge in [0.1, 0.15) is 0 Å². The molecule has 1 unspecified atom stereocenters. The Morgan fingerprint density at radius 3 is 2.53 bits per heavy atom. The largest absolute Gasteiger partial charge is 0.311 e. The van der Waals surface area contributed by atoms with Crippen molar-refractivity contribution in [1.29, 1.82) is 0 Å². The fourth-order valence-corrected chi connectivity index (χ4v) is 2.14. The standard InChI is InChI=1S/C16H23N/c1-4-17-13(3)12(2)11-14-5-7-15(8-6-14)16-9-10-16/h5-8,11,13,16-17H,4,9-10H2,1-3H3/b12-11+. The Morgan fingerprint density at radius 1 is 1.35 bits per heavy atom. The summed E-state index contributed by atoms with van der Waals surface area (Å²) in [5.41, 5.74) is 4.22. The molecule has 0 radical (unpaired) electrons. The highest BCUT2D eigenvalue weighted by molar-refractivity contribution is 5.54. The van der Waals surface area contributed by atoms with Gasteiger partial charge in [-0.15, -0.1) is 0 Å². The third kappa shape index (κ3) is 3.44. The van der Waals surface area contributed by atoms with Gasteiger partial charge in [0, 0.05) is 6.04 Å². The van der Waals surface area contributed by atoms with E-state index in [1.165, 1.54) is 29.5 Å². The van der Waals surface area contributed by atoms with Crippen LogP contribution in [0.4, 0.5) is 0 Å². The van der Waals surface area contributed by atoms with Gasteiger partial charge in [-0.05, 0) is 50.3 Å². The van der Waals surface area contributed by atoms with Crippen molar-refractivity contribution < 1.29 is 0 Å². The van der Waals surface area contributed by atoms with E-state index in [0.29, 0.717) is 6.04 Å². The van der Waals surface area contributed by atoms with Crippen molar-refractivity contribution in [2.24, 2.45) is 0 Å². The molecule has 1 N–H and O–H groups in total. The maximum absolute atomic E-state index is 3.44. The summed E-state index contributed by atoms with van der Waals surface area (Å²) in [6.07, 6.45) is 5.04. The van der Waals surface area contributed by atoms with Crippen molar-refractivity contribution in [3.63, 3.8) is 0 Å². The molecule has 17 heavy (non-hydrogen) atoms. The summed E-state index contributed by atoms with van der Waals surface area (Å²) in [4.78, 5) is 0. The Kier molecular flexibility index (Phi) is 4.01. The SMILES string of the molecule is CCNC(C)/C(C)=C/c1ccc(C2CC2)cc1. The molecule has 1 fully saturated rings. The second-order valence-corrected chi connectivity index (χ2v) is 5.11. The molecule has 1 atom stereocenters. The van der Waals surface area contributed by atoms with E-state index in [0.717, 1.165) is 12.5 Å². The monoisotopic (exact) mass is 229 g/mol. The quantitative estimate of drug-likeness (QED) is 0.805. The summed E-state index contributed by atoms with van der Waals surface area (Å²) in [6.45, 7) is 7.58. The first kappa shape index (κ1) is 12.4. The van der Waals surface area contributed by atoms with Gasteiger partial charge in [0.2, 0.25) is 0 Å². The summed E-state index contributed by atoms with van der Waals surface area (Å²) in [5, 5.41) is 3.44. The lowest BCUT2D eigenvalue weighted by Crippen LogP contribution is -2.26. The van der Waals surface area contributed by atoms with E-state index in [1.807, 2.05) is 0 Å². The molecule has 0 bridgehead atoms. The Labute approximate surface area is 105 Å². The lowest BCUT2D eigenvalue weighted by molar-refractivity contribution is 0.636. The zero-order chi connectivity index (χ0) is 12.3. The molecule has 2 rings (SSSR count). The van der Waals surface area contributed by atoms with Gasteiger partial charge in [-0.25, -0.2) is 0 Å². The van der Waals surface area contributed by atoms with Gasteiger partial charge in [0.05, 0.1) is 0 Å². The lowest BCUT2D eigenvalue weighted by atomic mass is 10.0. The first-order valence-corrected chi connectivity index (χ1v) is 6.72. The highest BCUT2D eigenvalue weighted by Crippen LogP contribution is 2.39. The minimum absolute atomic E-state index is 0.461. The zero-order valence-corrected chi connectivity index (χ0v) is 11.2. The van der Waals surface area contributed by atoms with Gasteiger partial charge in [0.25, 0.3) is 0 Å². The van der Waals surface area contributed by atoms with E-state index in [9.17, 15) is 0 Å². The molecule has 1 aliphatic carbocycles. The minimum atomic E-state index is 0.461. The van der Waals surface area contributed by atoms with Gasteiger partial charge in [0.15, 0.2) is 0 Å². The number of rotatable bonds is 5. The van der Waals surface area contributed by atoms with Crippen LogP contribution in [0.5, 0.6) is 0 Å². The van der Waals surface area contributed by atoms with Crippen LogP contribution in [-0.2, 0) is 0 Å². The summed E-state index contributed by atoms with van der Waals surface area (Å²) < 4.78 is 0. The summed E-state index contributed by atoms with van der Waals surface area (Å²) >= 11 is 0. The first-order chi connectivity index (χ1) is 8.20. The van der Waals surface area contributed by atoms with Crippen LogP contribution in [0.2, 0.25) is 0 Å². The van der Waals surface area contributed by atoms with Gasteiger partial charge in [-0.3, -0.25) is 0 Å². The fraction of sp³-hybridized carbons (Fsp3) is 0.500. The Balaban J connectivity index is 2.03. The molecule has 1 aliphatic rings. The molecule has 0 aliphatic heterocycles. The molecule has 0 aromatic heterocycles. The van der Waals surface area contributed by atoms with Crippen LogP contribution in [-0.4, -0.2) is 12.6 Å². The number of hydrogen-bond donors (Lipinski definition) is 1. The maximum Gasteiger partial charge on any atom is 0.0251 e. The van der Waals surface area contributed by atoms with E-state index in [2.05, 4.69) is 56.4 Å². The number of benzene rings is 1. The van der Waals surface area contributed by atoms with Crippen molar-refractivity contribution in [2.45, 2.75) is 45.6 Å². The number of hydrogen-bond acceptors (Lipinski definition) is 1. The van der Waals surface area contributed by atoms with Crippen LogP contribution in [0.1, 0.15) is 50.7 Å². The molecule has 0 spiro atoms. The van der Waals surface area contributed by atoms with Crippen molar-refractivity contribution in [2.75, 3.05) is 6.54 Å². The molecule has 0 heterocycles. The first-order valence-electron chi connectivity index (χ1n) is 6.72. The van der Waals surface area contributed by atoms with Crippen LogP contribution in [0, 0.1) is 0 Å². The fourth-order valence-electron chi connectivity index (χ4n) is 2.14. The highest BCUT2D eigenvalue weighted by atomic mass is 14.9. The van der Waals surface area contributed by atoms with E-state index in [4.69, 9.17) is 0 Å². The topological polar surface area (TPSA) is 12.0 Å². The van der Waals surface area contributed by atoms with E-state index < -0.39 is 0 Å². The molecular formula is C16H23N. The molecule has 1 aromatic rings. The van der Waals surface area contributed by atoms with E-state index in [1.54, 1.807) is 0 Å². The zero-order valence-electron chi connectivity index (χ0n) is 11.2. The maximum atomic E-state index is 3.44. The second kappa shape index (κ2) is 5.50. The Morgan fingerprint density at radius 2 is 2.00 bits per heavy atom. The highest BCUT2D eigenvalue weighted by Gasteiger charge is 2.22. The van der Waals surface area contributed by atoms with Crippen LogP contribution < -0.4 is 5.32 Å². The average Bonchev–Trinajstić information content (AvgIpc) is 3.14. The van der Waals surface area contributed by atoms with Gasteiger partial charge in [-0.2, -0.15) is 0 Å². The predicted octanol–water partition coefficient (Wildman–Crippen LogP) is 3.97. The third-order valence-electron chi connectivity index (χ3n) is 3.57. The van der Waals surface area contributed by atoms with Crippen LogP contribution >= 0.6 is 0 Å². The van der Waals surface area contributed by atoms with Gasteiger partial charge < -0.3 is 5.32 Å². The van der Waals surface area contributed by atoms with E-state index >= 15 is 0 Å². The number of nitrogens with one attached hydrogen (secondary N) is 1. The van der Waals surface area contributed by atoms with Crippen LogP contribution in [0.3, 0.4) is 0 Å². The smallest absolute Gasteiger partial charge is 0.0251 e.